The summed E-state index contributed by atoms with van der Waals surface area (Å²) in [4.78, 5) is 12.4. The SMILES string of the molecule is Cc1ccsc1/C=C/C(=O)NC(C)CO. The highest BCUT2D eigenvalue weighted by Gasteiger charge is 2.02. The molecular formula is C11H15NO2S. The van der Waals surface area contributed by atoms with Crippen LogP contribution in [0, 0.1) is 6.92 Å². The van der Waals surface area contributed by atoms with Crippen molar-refractivity contribution in [2.75, 3.05) is 6.61 Å². The van der Waals surface area contributed by atoms with Gasteiger partial charge in [-0.25, -0.2) is 0 Å². The molecule has 1 aromatic rings. The molecule has 15 heavy (non-hydrogen) atoms. The second-order valence-corrected chi connectivity index (χ2v) is 4.34. The van der Waals surface area contributed by atoms with Crippen LogP contribution in [-0.2, 0) is 4.79 Å². The maximum atomic E-state index is 11.3. The van der Waals surface area contributed by atoms with Gasteiger partial charge in [0.2, 0.25) is 5.91 Å². The van der Waals surface area contributed by atoms with E-state index in [2.05, 4.69) is 5.32 Å². The first-order valence-electron chi connectivity index (χ1n) is 4.77. The molecule has 1 rings (SSSR count). The summed E-state index contributed by atoms with van der Waals surface area (Å²) in [5, 5.41) is 13.4. The predicted molar refractivity (Wildman–Crippen MR) is 62.8 cm³/mol. The quantitative estimate of drug-likeness (QED) is 0.764. The third-order valence-corrected chi connectivity index (χ3v) is 2.93. The molecule has 0 radical (unpaired) electrons. The van der Waals surface area contributed by atoms with Gasteiger partial charge in [-0.2, -0.15) is 0 Å². The van der Waals surface area contributed by atoms with E-state index in [9.17, 15) is 4.79 Å². The molecule has 0 bridgehead atoms. The fraction of sp³-hybridized carbons (Fsp3) is 0.364. The van der Waals surface area contributed by atoms with Crippen LogP contribution < -0.4 is 5.32 Å². The van der Waals surface area contributed by atoms with Crippen molar-refractivity contribution in [2.45, 2.75) is 19.9 Å². The predicted octanol–water partition coefficient (Wildman–Crippen LogP) is 1.57. The number of thiophene rings is 1. The molecule has 0 saturated carbocycles. The molecule has 1 unspecified atom stereocenters. The second kappa shape index (κ2) is 5.68. The van der Waals surface area contributed by atoms with E-state index in [1.807, 2.05) is 18.4 Å². The van der Waals surface area contributed by atoms with Gasteiger partial charge in [0.05, 0.1) is 6.61 Å². The minimum absolute atomic E-state index is 0.0440. The lowest BCUT2D eigenvalue weighted by molar-refractivity contribution is -0.117. The monoisotopic (exact) mass is 225 g/mol. The molecule has 3 nitrogen and oxygen atoms in total. The summed E-state index contributed by atoms with van der Waals surface area (Å²) in [5.41, 5.74) is 1.17. The Morgan fingerprint density at radius 2 is 2.47 bits per heavy atom. The van der Waals surface area contributed by atoms with Crippen molar-refractivity contribution in [3.8, 4) is 0 Å². The molecule has 2 N–H and O–H groups in total. The lowest BCUT2D eigenvalue weighted by Crippen LogP contribution is -2.33. The van der Waals surface area contributed by atoms with E-state index in [0.29, 0.717) is 0 Å². The van der Waals surface area contributed by atoms with Gasteiger partial charge in [0.1, 0.15) is 0 Å². The molecule has 0 aromatic carbocycles. The van der Waals surface area contributed by atoms with E-state index in [4.69, 9.17) is 5.11 Å². The first-order chi connectivity index (χ1) is 7.13. The van der Waals surface area contributed by atoms with Crippen LogP contribution in [0.15, 0.2) is 17.5 Å². The van der Waals surface area contributed by atoms with Gasteiger partial charge in [-0.05, 0) is 36.9 Å². The summed E-state index contributed by atoms with van der Waals surface area (Å²) in [6.07, 6.45) is 3.28. The maximum Gasteiger partial charge on any atom is 0.244 e. The number of nitrogens with one attached hydrogen (secondary N) is 1. The number of aryl methyl sites for hydroxylation is 1. The fourth-order valence-corrected chi connectivity index (χ4v) is 1.86. The van der Waals surface area contributed by atoms with Gasteiger partial charge in [0, 0.05) is 17.0 Å². The van der Waals surface area contributed by atoms with Crippen molar-refractivity contribution in [2.24, 2.45) is 0 Å². The van der Waals surface area contributed by atoms with E-state index < -0.39 is 0 Å². The van der Waals surface area contributed by atoms with E-state index in [-0.39, 0.29) is 18.6 Å². The molecule has 0 aliphatic heterocycles. The zero-order chi connectivity index (χ0) is 11.3. The molecule has 82 valence electrons. The van der Waals surface area contributed by atoms with Crippen LogP contribution in [0.25, 0.3) is 6.08 Å². The highest BCUT2D eigenvalue weighted by atomic mass is 32.1. The number of carbonyl (C=O) groups is 1. The van der Waals surface area contributed by atoms with Gasteiger partial charge < -0.3 is 10.4 Å². The second-order valence-electron chi connectivity index (χ2n) is 3.39. The van der Waals surface area contributed by atoms with E-state index >= 15 is 0 Å². The van der Waals surface area contributed by atoms with Gasteiger partial charge in [-0.1, -0.05) is 0 Å². The molecule has 4 heteroatoms. The van der Waals surface area contributed by atoms with Crippen LogP contribution in [0.3, 0.4) is 0 Å². The Hall–Kier alpha value is -1.13. The Morgan fingerprint density at radius 3 is 3.00 bits per heavy atom. The zero-order valence-electron chi connectivity index (χ0n) is 8.86. The number of carbonyl (C=O) groups excluding carboxylic acids is 1. The van der Waals surface area contributed by atoms with Crippen LogP contribution in [-0.4, -0.2) is 23.7 Å². The molecule has 0 fully saturated rings. The number of hydrogen-bond donors (Lipinski definition) is 2. The summed E-state index contributed by atoms with van der Waals surface area (Å²) in [6.45, 7) is 3.71. The Kier molecular flexibility index (Phi) is 4.52. The summed E-state index contributed by atoms with van der Waals surface area (Å²) in [5.74, 6) is -0.177. The van der Waals surface area contributed by atoms with Crippen LogP contribution in [0.1, 0.15) is 17.4 Å². The van der Waals surface area contributed by atoms with Crippen LogP contribution in [0.2, 0.25) is 0 Å². The van der Waals surface area contributed by atoms with Crippen LogP contribution in [0.5, 0.6) is 0 Å². The van der Waals surface area contributed by atoms with Gasteiger partial charge in [0.15, 0.2) is 0 Å². The Balaban J connectivity index is 2.51. The normalized spacial score (nSPS) is 13.0. The Morgan fingerprint density at radius 1 is 1.73 bits per heavy atom. The van der Waals surface area contributed by atoms with Crippen LogP contribution in [0.4, 0.5) is 0 Å². The molecule has 0 spiro atoms. The lowest BCUT2D eigenvalue weighted by atomic mass is 10.2. The molecule has 1 amide bonds. The molecule has 1 aromatic heterocycles. The third-order valence-electron chi connectivity index (χ3n) is 1.95. The highest BCUT2D eigenvalue weighted by Crippen LogP contribution is 2.16. The summed E-state index contributed by atoms with van der Waals surface area (Å²) in [7, 11) is 0. The molecule has 1 atom stereocenters. The highest BCUT2D eigenvalue weighted by molar-refractivity contribution is 7.11. The largest absolute Gasteiger partial charge is 0.394 e. The standard InChI is InChI=1S/C11H15NO2S/c1-8-5-6-15-10(8)3-4-11(14)12-9(2)7-13/h3-6,9,13H,7H2,1-2H3,(H,12,14)/b4-3+. The van der Waals surface area contributed by atoms with Gasteiger partial charge in [-0.15, -0.1) is 11.3 Å². The average Bonchev–Trinajstić information content (AvgIpc) is 2.61. The van der Waals surface area contributed by atoms with Crippen molar-refractivity contribution in [1.82, 2.24) is 5.32 Å². The summed E-state index contributed by atoms with van der Waals surface area (Å²) >= 11 is 1.60. The zero-order valence-corrected chi connectivity index (χ0v) is 9.67. The smallest absolute Gasteiger partial charge is 0.244 e. The minimum atomic E-state index is -0.202. The van der Waals surface area contributed by atoms with Crippen LogP contribution >= 0.6 is 11.3 Å². The average molecular weight is 225 g/mol. The Bertz CT molecular complexity index is 357. The number of hydrogen-bond acceptors (Lipinski definition) is 3. The summed E-state index contributed by atoms with van der Waals surface area (Å²) < 4.78 is 0. The number of aliphatic hydroxyl groups excluding tert-OH is 1. The van der Waals surface area contributed by atoms with Crippen molar-refractivity contribution >= 4 is 23.3 Å². The molecule has 0 aliphatic rings. The molecule has 1 heterocycles. The number of amides is 1. The van der Waals surface area contributed by atoms with E-state index in [1.54, 1.807) is 24.3 Å². The minimum Gasteiger partial charge on any atom is -0.394 e. The van der Waals surface area contributed by atoms with E-state index in [1.165, 1.54) is 11.6 Å². The fourth-order valence-electron chi connectivity index (χ4n) is 1.04. The van der Waals surface area contributed by atoms with Crippen molar-refractivity contribution < 1.29 is 9.90 Å². The topological polar surface area (TPSA) is 49.3 Å². The van der Waals surface area contributed by atoms with Crippen molar-refractivity contribution in [1.29, 1.82) is 0 Å². The first kappa shape index (κ1) is 11.9. The molecule has 0 aliphatic carbocycles. The first-order valence-corrected chi connectivity index (χ1v) is 5.65. The summed E-state index contributed by atoms with van der Waals surface area (Å²) in [6, 6.07) is 1.81. The van der Waals surface area contributed by atoms with E-state index in [0.717, 1.165) is 4.88 Å². The lowest BCUT2D eigenvalue weighted by Gasteiger charge is -2.07. The van der Waals surface area contributed by atoms with Crippen molar-refractivity contribution in [3.05, 3.63) is 28.0 Å². The molecule has 0 saturated heterocycles. The number of aliphatic hydroxyl groups is 1. The van der Waals surface area contributed by atoms with Gasteiger partial charge >= 0.3 is 0 Å². The van der Waals surface area contributed by atoms with Crippen molar-refractivity contribution in [3.63, 3.8) is 0 Å². The number of rotatable bonds is 4. The van der Waals surface area contributed by atoms with Gasteiger partial charge in [0.25, 0.3) is 0 Å². The third kappa shape index (κ3) is 3.85. The maximum absolute atomic E-state index is 11.3. The Labute approximate surface area is 93.4 Å². The van der Waals surface area contributed by atoms with Gasteiger partial charge in [-0.3, -0.25) is 4.79 Å². The molecular weight excluding hydrogens is 210 g/mol.